The largest absolute Gasteiger partial charge is 0.481 e. The van der Waals surface area contributed by atoms with Crippen LogP contribution in [0, 0.1) is 11.3 Å². The third kappa shape index (κ3) is 1.69. The summed E-state index contributed by atoms with van der Waals surface area (Å²) in [5, 5.41) is 27.9. The summed E-state index contributed by atoms with van der Waals surface area (Å²) in [6.07, 6.45) is -0.526. The van der Waals surface area contributed by atoms with E-state index in [-0.39, 0.29) is 5.92 Å². The third-order valence-corrected chi connectivity index (χ3v) is 2.90. The molecule has 0 aromatic rings. The van der Waals surface area contributed by atoms with E-state index >= 15 is 0 Å². The summed E-state index contributed by atoms with van der Waals surface area (Å²) in [5.41, 5.74) is -2.07. The van der Waals surface area contributed by atoms with Crippen molar-refractivity contribution in [2.75, 3.05) is 0 Å². The van der Waals surface area contributed by atoms with Crippen LogP contribution in [0.1, 0.15) is 27.2 Å². The fourth-order valence-corrected chi connectivity index (χ4v) is 1.60. The second-order valence-corrected chi connectivity index (χ2v) is 4.63. The predicted octanol–water partition coefficient (Wildman–Crippen LogP) is 0.229. The highest BCUT2D eigenvalue weighted by Gasteiger charge is 2.61. The average Bonchev–Trinajstić information content (AvgIpc) is 2.60. The minimum absolute atomic E-state index is 0.329. The van der Waals surface area contributed by atoms with Crippen LogP contribution in [0.5, 0.6) is 0 Å². The lowest BCUT2D eigenvalue weighted by Crippen LogP contribution is -2.39. The van der Waals surface area contributed by atoms with Gasteiger partial charge >= 0.3 is 5.97 Å². The minimum atomic E-state index is -1.22. The molecule has 1 fully saturated rings. The van der Waals surface area contributed by atoms with Crippen molar-refractivity contribution in [3.63, 3.8) is 0 Å². The van der Waals surface area contributed by atoms with Gasteiger partial charge in [-0.2, -0.15) is 0 Å². The van der Waals surface area contributed by atoms with Crippen LogP contribution in [0.15, 0.2) is 0 Å². The van der Waals surface area contributed by atoms with Gasteiger partial charge in [-0.15, -0.1) is 0 Å². The second kappa shape index (κ2) is 2.69. The molecule has 3 unspecified atom stereocenters. The van der Waals surface area contributed by atoms with Crippen LogP contribution in [-0.2, 0) is 4.79 Å². The van der Waals surface area contributed by atoms with Gasteiger partial charge in [-0.3, -0.25) is 4.79 Å². The van der Waals surface area contributed by atoms with Crippen LogP contribution in [0.4, 0.5) is 0 Å². The van der Waals surface area contributed by atoms with Crippen molar-refractivity contribution < 1.29 is 20.1 Å². The standard InChI is InChI=1S/C9H16O4/c1-8(2,13)6(10)5-4-9(5,3)7(11)12/h5-6,10,13H,4H2,1-3H3,(H,11,12). The van der Waals surface area contributed by atoms with Crippen molar-refractivity contribution >= 4 is 5.97 Å². The molecule has 0 heterocycles. The van der Waals surface area contributed by atoms with Gasteiger partial charge in [0.2, 0.25) is 0 Å². The molecule has 13 heavy (non-hydrogen) atoms. The molecule has 0 amide bonds. The highest BCUT2D eigenvalue weighted by atomic mass is 16.4. The molecular weight excluding hydrogens is 172 g/mol. The van der Waals surface area contributed by atoms with Crippen LogP contribution in [-0.4, -0.2) is 33.0 Å². The van der Waals surface area contributed by atoms with Gasteiger partial charge in [0.1, 0.15) is 0 Å². The van der Waals surface area contributed by atoms with Crippen LogP contribution >= 0.6 is 0 Å². The predicted molar refractivity (Wildman–Crippen MR) is 46.2 cm³/mol. The first kappa shape index (κ1) is 10.5. The molecule has 4 heteroatoms. The van der Waals surface area contributed by atoms with Gasteiger partial charge in [-0.25, -0.2) is 0 Å². The summed E-state index contributed by atoms with van der Waals surface area (Å²) in [5.74, 6) is -1.23. The summed E-state index contributed by atoms with van der Waals surface area (Å²) in [6.45, 7) is 4.56. The first-order chi connectivity index (χ1) is 5.69. The Kier molecular flexibility index (Phi) is 2.16. The summed E-state index contributed by atoms with van der Waals surface area (Å²) < 4.78 is 0. The number of carbonyl (C=O) groups is 1. The second-order valence-electron chi connectivity index (χ2n) is 4.63. The lowest BCUT2D eigenvalue weighted by atomic mass is 9.93. The van der Waals surface area contributed by atoms with Gasteiger partial charge in [0.25, 0.3) is 0 Å². The van der Waals surface area contributed by atoms with Gasteiger partial charge in [0, 0.05) is 5.92 Å². The fourth-order valence-electron chi connectivity index (χ4n) is 1.60. The Balaban J connectivity index is 2.66. The zero-order valence-corrected chi connectivity index (χ0v) is 8.11. The molecule has 0 aromatic carbocycles. The Hall–Kier alpha value is -0.610. The van der Waals surface area contributed by atoms with E-state index in [9.17, 15) is 15.0 Å². The SMILES string of the molecule is CC(C)(O)C(O)C1CC1(C)C(=O)O. The van der Waals surface area contributed by atoms with E-state index in [4.69, 9.17) is 5.11 Å². The molecule has 0 radical (unpaired) electrons. The molecular formula is C9H16O4. The van der Waals surface area contributed by atoms with Gasteiger partial charge in [0.05, 0.1) is 17.1 Å². The zero-order chi connectivity index (χ0) is 10.4. The highest BCUT2D eigenvalue weighted by molar-refractivity contribution is 5.78. The zero-order valence-electron chi connectivity index (χ0n) is 8.11. The lowest BCUT2D eigenvalue weighted by Gasteiger charge is -2.25. The maximum Gasteiger partial charge on any atom is 0.309 e. The number of hydrogen-bond donors (Lipinski definition) is 3. The minimum Gasteiger partial charge on any atom is -0.481 e. The molecule has 1 aliphatic rings. The first-order valence-corrected chi connectivity index (χ1v) is 4.33. The molecule has 0 aromatic heterocycles. The smallest absolute Gasteiger partial charge is 0.309 e. The Morgan fingerprint density at radius 3 is 2.31 bits per heavy atom. The first-order valence-electron chi connectivity index (χ1n) is 4.33. The van der Waals surface area contributed by atoms with Crippen LogP contribution in [0.25, 0.3) is 0 Å². The molecule has 0 aliphatic heterocycles. The van der Waals surface area contributed by atoms with E-state index in [1.54, 1.807) is 6.92 Å². The lowest BCUT2D eigenvalue weighted by molar-refractivity contribution is -0.145. The van der Waals surface area contributed by atoms with Gasteiger partial charge in [-0.05, 0) is 27.2 Å². The molecule has 0 bridgehead atoms. The summed E-state index contributed by atoms with van der Waals surface area (Å²) in [4.78, 5) is 10.7. The number of hydrogen-bond acceptors (Lipinski definition) is 3. The summed E-state index contributed by atoms with van der Waals surface area (Å²) >= 11 is 0. The fraction of sp³-hybridized carbons (Fsp3) is 0.889. The average molecular weight is 188 g/mol. The molecule has 76 valence electrons. The number of carboxylic acids is 1. The van der Waals surface area contributed by atoms with Gasteiger partial charge < -0.3 is 15.3 Å². The summed E-state index contributed by atoms with van der Waals surface area (Å²) in [6, 6.07) is 0. The third-order valence-electron chi connectivity index (χ3n) is 2.90. The van der Waals surface area contributed by atoms with E-state index in [0.717, 1.165) is 0 Å². The van der Waals surface area contributed by atoms with Crippen molar-refractivity contribution in [2.45, 2.75) is 38.9 Å². The van der Waals surface area contributed by atoms with Crippen molar-refractivity contribution in [3.8, 4) is 0 Å². The number of aliphatic hydroxyl groups excluding tert-OH is 1. The van der Waals surface area contributed by atoms with Crippen LogP contribution in [0.2, 0.25) is 0 Å². The van der Waals surface area contributed by atoms with Gasteiger partial charge in [-0.1, -0.05) is 0 Å². The summed E-state index contributed by atoms with van der Waals surface area (Å²) in [7, 11) is 0. The molecule has 3 N–H and O–H groups in total. The normalized spacial score (nSPS) is 35.6. The van der Waals surface area contributed by atoms with E-state index < -0.39 is 23.1 Å². The van der Waals surface area contributed by atoms with Crippen molar-refractivity contribution in [2.24, 2.45) is 11.3 Å². The number of aliphatic carboxylic acids is 1. The van der Waals surface area contributed by atoms with Crippen molar-refractivity contribution in [1.29, 1.82) is 0 Å². The van der Waals surface area contributed by atoms with Crippen molar-refractivity contribution in [3.05, 3.63) is 0 Å². The number of rotatable bonds is 3. The van der Waals surface area contributed by atoms with Crippen LogP contribution in [0.3, 0.4) is 0 Å². The molecule has 1 rings (SSSR count). The molecule has 1 aliphatic carbocycles. The highest BCUT2D eigenvalue weighted by Crippen LogP contribution is 2.55. The molecule has 4 nitrogen and oxygen atoms in total. The van der Waals surface area contributed by atoms with E-state index in [0.29, 0.717) is 6.42 Å². The molecule has 0 spiro atoms. The van der Waals surface area contributed by atoms with Crippen molar-refractivity contribution in [1.82, 2.24) is 0 Å². The Morgan fingerprint density at radius 1 is 1.62 bits per heavy atom. The number of carboxylic acid groups (broad SMARTS) is 1. The van der Waals surface area contributed by atoms with Crippen LogP contribution < -0.4 is 0 Å². The number of aliphatic hydroxyl groups is 2. The van der Waals surface area contributed by atoms with Gasteiger partial charge in [0.15, 0.2) is 0 Å². The Morgan fingerprint density at radius 2 is 2.08 bits per heavy atom. The maximum absolute atomic E-state index is 10.7. The molecule has 1 saturated carbocycles. The molecule has 3 atom stereocenters. The van der Waals surface area contributed by atoms with E-state index in [1.165, 1.54) is 13.8 Å². The maximum atomic E-state index is 10.7. The van der Waals surface area contributed by atoms with E-state index in [1.807, 2.05) is 0 Å². The Bertz CT molecular complexity index is 230. The Labute approximate surface area is 77.2 Å². The molecule has 0 saturated heterocycles. The quantitative estimate of drug-likeness (QED) is 0.592. The topological polar surface area (TPSA) is 77.8 Å². The van der Waals surface area contributed by atoms with E-state index in [2.05, 4.69) is 0 Å². The monoisotopic (exact) mass is 188 g/mol.